The lowest BCUT2D eigenvalue weighted by molar-refractivity contribution is 0.102. The monoisotopic (exact) mass is 386 g/mol. The Kier molecular flexibility index (Phi) is 4.81. The normalized spacial score (nSPS) is 10.5. The Morgan fingerprint density at radius 1 is 1.14 bits per heavy atom. The van der Waals surface area contributed by atoms with E-state index in [4.69, 9.17) is 28.9 Å². The van der Waals surface area contributed by atoms with Crippen molar-refractivity contribution in [1.29, 1.82) is 0 Å². The molecule has 0 radical (unpaired) electrons. The van der Waals surface area contributed by atoms with E-state index in [1.165, 1.54) is 12.1 Å². The molecule has 3 nitrogen and oxygen atoms in total. The molecule has 0 aliphatic heterocycles. The van der Waals surface area contributed by atoms with Gasteiger partial charge in [-0.25, -0.2) is 0 Å². The van der Waals surface area contributed by atoms with Gasteiger partial charge in [0, 0.05) is 15.8 Å². The first-order valence-corrected chi connectivity index (χ1v) is 7.67. The zero-order chi connectivity index (χ0) is 15.7. The van der Waals surface area contributed by atoms with Crippen molar-refractivity contribution in [3.8, 4) is 0 Å². The largest absolute Gasteiger partial charge is 0.399 e. The summed E-state index contributed by atoms with van der Waals surface area (Å²) in [5, 5.41) is 3.31. The summed E-state index contributed by atoms with van der Waals surface area (Å²) in [6.45, 7) is 3.84. The lowest BCUT2D eigenvalue weighted by Gasteiger charge is -2.14. The second-order valence-corrected chi connectivity index (χ2v) is 6.43. The summed E-state index contributed by atoms with van der Waals surface area (Å²) in [5.41, 5.74) is 8.99. The number of benzene rings is 2. The minimum atomic E-state index is -0.345. The topological polar surface area (TPSA) is 55.1 Å². The Hall–Kier alpha value is -1.23. The van der Waals surface area contributed by atoms with Gasteiger partial charge in [-0.05, 0) is 49.2 Å². The molecule has 1 amide bonds. The third-order valence-electron chi connectivity index (χ3n) is 3.03. The van der Waals surface area contributed by atoms with Gasteiger partial charge >= 0.3 is 0 Å². The molecule has 6 heteroatoms. The highest BCUT2D eigenvalue weighted by Gasteiger charge is 2.16. The van der Waals surface area contributed by atoms with E-state index in [0.29, 0.717) is 5.69 Å². The van der Waals surface area contributed by atoms with Crippen LogP contribution in [0.25, 0.3) is 0 Å². The van der Waals surface area contributed by atoms with Gasteiger partial charge in [0.1, 0.15) is 0 Å². The summed E-state index contributed by atoms with van der Waals surface area (Å²) >= 11 is 15.4. The molecular weight excluding hydrogens is 375 g/mol. The van der Waals surface area contributed by atoms with E-state index < -0.39 is 0 Å². The van der Waals surface area contributed by atoms with E-state index in [1.807, 2.05) is 26.0 Å². The number of nitrogen functional groups attached to an aromatic ring is 1. The average molecular weight is 388 g/mol. The summed E-state index contributed by atoms with van der Waals surface area (Å²) in [7, 11) is 0. The molecule has 0 atom stereocenters. The van der Waals surface area contributed by atoms with E-state index in [2.05, 4.69) is 21.2 Å². The van der Waals surface area contributed by atoms with Crippen LogP contribution in [0.2, 0.25) is 10.0 Å². The van der Waals surface area contributed by atoms with Gasteiger partial charge in [0.15, 0.2) is 0 Å². The minimum absolute atomic E-state index is 0.191. The third-order valence-corrected chi connectivity index (χ3v) is 4.29. The van der Waals surface area contributed by atoms with Crippen molar-refractivity contribution in [2.45, 2.75) is 13.8 Å². The lowest BCUT2D eigenvalue weighted by atomic mass is 10.1. The average Bonchev–Trinajstić information content (AvgIpc) is 2.37. The molecule has 0 fully saturated rings. The first-order valence-electron chi connectivity index (χ1n) is 6.12. The smallest absolute Gasteiger partial charge is 0.257 e. The van der Waals surface area contributed by atoms with Crippen molar-refractivity contribution < 1.29 is 4.79 Å². The van der Waals surface area contributed by atoms with E-state index in [9.17, 15) is 4.79 Å². The predicted octanol–water partition coefficient (Wildman–Crippen LogP) is 5.21. The molecule has 0 bridgehead atoms. The lowest BCUT2D eigenvalue weighted by Crippen LogP contribution is -2.15. The van der Waals surface area contributed by atoms with E-state index >= 15 is 0 Å². The molecule has 0 saturated carbocycles. The van der Waals surface area contributed by atoms with Crippen LogP contribution >= 0.6 is 39.1 Å². The number of amides is 1. The molecule has 2 rings (SSSR count). The van der Waals surface area contributed by atoms with E-state index in [1.54, 1.807) is 0 Å². The molecule has 0 heterocycles. The highest BCUT2D eigenvalue weighted by Crippen LogP contribution is 2.31. The van der Waals surface area contributed by atoms with Crippen molar-refractivity contribution in [2.75, 3.05) is 11.1 Å². The van der Waals surface area contributed by atoms with Gasteiger partial charge in [0.25, 0.3) is 5.91 Å². The van der Waals surface area contributed by atoms with Gasteiger partial charge < -0.3 is 11.1 Å². The summed E-state index contributed by atoms with van der Waals surface area (Å²) < 4.78 is 0.959. The van der Waals surface area contributed by atoms with Crippen LogP contribution in [-0.4, -0.2) is 5.91 Å². The van der Waals surface area contributed by atoms with Gasteiger partial charge in [-0.2, -0.15) is 0 Å². The maximum Gasteiger partial charge on any atom is 0.257 e. The Labute approximate surface area is 141 Å². The summed E-state index contributed by atoms with van der Waals surface area (Å²) in [6, 6.07) is 6.87. The number of halogens is 3. The van der Waals surface area contributed by atoms with Gasteiger partial charge in [-0.1, -0.05) is 39.1 Å². The minimum Gasteiger partial charge on any atom is -0.399 e. The number of nitrogens with two attached hydrogens (primary N) is 1. The first kappa shape index (κ1) is 16.1. The van der Waals surface area contributed by atoms with Gasteiger partial charge in [-0.15, -0.1) is 0 Å². The number of rotatable bonds is 2. The fourth-order valence-electron chi connectivity index (χ4n) is 2.06. The zero-order valence-electron chi connectivity index (χ0n) is 11.4. The predicted molar refractivity (Wildman–Crippen MR) is 92.4 cm³/mol. The molecule has 0 unspecified atom stereocenters. The number of carbonyl (C=O) groups is 1. The van der Waals surface area contributed by atoms with Crippen LogP contribution in [-0.2, 0) is 0 Å². The second kappa shape index (κ2) is 6.26. The van der Waals surface area contributed by atoms with Gasteiger partial charge in [0.05, 0.1) is 15.6 Å². The highest BCUT2D eigenvalue weighted by molar-refractivity contribution is 9.10. The van der Waals surface area contributed by atoms with Crippen molar-refractivity contribution in [3.05, 3.63) is 55.5 Å². The Bertz CT molecular complexity index is 709. The number of carbonyl (C=O) groups excluding carboxylic acids is 1. The van der Waals surface area contributed by atoms with Crippen molar-refractivity contribution >= 4 is 56.4 Å². The van der Waals surface area contributed by atoms with Crippen LogP contribution in [0.1, 0.15) is 21.5 Å². The van der Waals surface area contributed by atoms with Crippen LogP contribution in [0.15, 0.2) is 28.7 Å². The van der Waals surface area contributed by atoms with Gasteiger partial charge in [0.2, 0.25) is 0 Å². The molecule has 110 valence electrons. The van der Waals surface area contributed by atoms with E-state index in [0.717, 1.165) is 21.3 Å². The first-order chi connectivity index (χ1) is 9.79. The molecule has 21 heavy (non-hydrogen) atoms. The number of nitrogens with one attached hydrogen (secondary N) is 1. The quantitative estimate of drug-likeness (QED) is 0.695. The fourth-order valence-corrected chi connectivity index (χ4v) is 3.17. The van der Waals surface area contributed by atoms with Crippen molar-refractivity contribution in [2.24, 2.45) is 0 Å². The van der Waals surface area contributed by atoms with Crippen LogP contribution in [0.4, 0.5) is 11.4 Å². The Balaban J connectivity index is 2.40. The third kappa shape index (κ3) is 3.51. The Morgan fingerprint density at radius 2 is 1.71 bits per heavy atom. The standard InChI is InChI=1S/C15H13BrCl2N2O/c1-7-3-9(16)4-8(2)14(7)20-15(21)11-5-10(19)6-12(17)13(11)18/h3-6H,19H2,1-2H3,(H,20,21). The molecule has 0 spiro atoms. The maximum atomic E-state index is 12.4. The Morgan fingerprint density at radius 3 is 2.29 bits per heavy atom. The molecule has 0 aromatic heterocycles. The second-order valence-electron chi connectivity index (χ2n) is 4.73. The van der Waals surface area contributed by atoms with Crippen LogP contribution in [0.5, 0.6) is 0 Å². The molecule has 0 aliphatic carbocycles. The fraction of sp³-hybridized carbons (Fsp3) is 0.133. The molecule has 2 aromatic rings. The van der Waals surface area contributed by atoms with Crippen molar-refractivity contribution in [3.63, 3.8) is 0 Å². The number of anilines is 2. The number of hydrogen-bond donors (Lipinski definition) is 2. The molecule has 2 aromatic carbocycles. The summed E-state index contributed by atoms with van der Waals surface area (Å²) in [4.78, 5) is 12.4. The highest BCUT2D eigenvalue weighted by atomic mass is 79.9. The maximum absolute atomic E-state index is 12.4. The molecule has 0 saturated heterocycles. The summed E-state index contributed by atoms with van der Waals surface area (Å²) in [6.07, 6.45) is 0. The molecule has 3 N–H and O–H groups in total. The molecule has 0 aliphatic rings. The number of hydrogen-bond acceptors (Lipinski definition) is 2. The van der Waals surface area contributed by atoms with Crippen molar-refractivity contribution in [1.82, 2.24) is 0 Å². The van der Waals surface area contributed by atoms with Gasteiger partial charge in [-0.3, -0.25) is 4.79 Å². The molecular formula is C15H13BrCl2N2O. The van der Waals surface area contributed by atoms with Crippen LogP contribution in [0, 0.1) is 13.8 Å². The van der Waals surface area contributed by atoms with E-state index in [-0.39, 0.29) is 21.5 Å². The number of aryl methyl sites for hydroxylation is 2. The summed E-state index contributed by atoms with van der Waals surface area (Å²) in [5.74, 6) is -0.345. The van der Waals surface area contributed by atoms with Crippen LogP contribution < -0.4 is 11.1 Å². The van der Waals surface area contributed by atoms with Crippen LogP contribution in [0.3, 0.4) is 0 Å². The SMILES string of the molecule is Cc1cc(Br)cc(C)c1NC(=O)c1cc(N)cc(Cl)c1Cl. The zero-order valence-corrected chi connectivity index (χ0v) is 14.5.